The van der Waals surface area contributed by atoms with E-state index in [-0.39, 0.29) is 12.9 Å². The largest absolute Gasteiger partial charge is 0.472 e. The Morgan fingerprint density at radius 1 is 0.795 bits per heavy atom. The number of unbranched alkanes of at least 4 members (excludes halogenated alkanes) is 3. The van der Waals surface area contributed by atoms with Gasteiger partial charge < -0.3 is 49.3 Å². The van der Waals surface area contributed by atoms with Gasteiger partial charge in [0.1, 0.15) is 43.2 Å². The van der Waals surface area contributed by atoms with E-state index in [2.05, 4.69) is 22.8 Å². The van der Waals surface area contributed by atoms with E-state index in [0.29, 0.717) is 6.42 Å². The molecule has 1 rings (SSSR count). The van der Waals surface area contributed by atoms with Crippen LogP contribution in [0.5, 0.6) is 0 Å². The number of aliphatic hydroxyl groups excluding tert-OH is 3. The number of hydrogen-bond acceptors (Lipinski definition) is 14. The molecule has 0 heterocycles. The minimum atomic E-state index is -5.55. The third kappa shape index (κ3) is 13.6. The summed E-state index contributed by atoms with van der Waals surface area (Å²) in [6.45, 7) is 0.400. The summed E-state index contributed by atoms with van der Waals surface area (Å²) in [5.74, 6) is -0.639. The van der Waals surface area contributed by atoms with Gasteiger partial charge in [-0.2, -0.15) is 0 Å². The molecular formula is C17H33O19P3. The number of phosphoric acid groups is 3. The van der Waals surface area contributed by atoms with E-state index in [0.717, 1.165) is 19.3 Å². The zero-order chi connectivity index (χ0) is 30.0. The third-order valence-corrected chi connectivity index (χ3v) is 7.15. The molecule has 0 aromatic heterocycles. The quantitative estimate of drug-likeness (QED) is 0.0372. The highest BCUT2D eigenvalue weighted by molar-refractivity contribution is 7.47. The van der Waals surface area contributed by atoms with Crippen molar-refractivity contribution in [2.24, 2.45) is 0 Å². The second kappa shape index (κ2) is 16.0. The first-order valence-electron chi connectivity index (χ1n) is 11.3. The summed E-state index contributed by atoms with van der Waals surface area (Å²) in [5, 5.41) is 30.8. The van der Waals surface area contributed by atoms with Crippen LogP contribution in [0.2, 0.25) is 0 Å². The lowest BCUT2D eigenvalue weighted by Gasteiger charge is -2.44. The molecule has 0 aromatic rings. The molecule has 1 fully saturated rings. The monoisotopic (exact) mass is 634 g/mol. The van der Waals surface area contributed by atoms with Crippen LogP contribution in [0, 0.1) is 0 Å². The van der Waals surface area contributed by atoms with Crippen LogP contribution >= 0.6 is 23.5 Å². The molecular weight excluding hydrogens is 601 g/mol. The first-order valence-corrected chi connectivity index (χ1v) is 15.9. The molecule has 39 heavy (non-hydrogen) atoms. The van der Waals surface area contributed by atoms with Crippen LogP contribution in [0.25, 0.3) is 0 Å². The number of esters is 1. The number of ether oxygens (including phenoxy) is 2. The Bertz CT molecular complexity index is 919. The Kier molecular flexibility index (Phi) is 14.8. The second-order valence-electron chi connectivity index (χ2n) is 8.28. The summed E-state index contributed by atoms with van der Waals surface area (Å²) in [6, 6.07) is 0. The topological polar surface area (TPSA) is 303 Å². The van der Waals surface area contributed by atoms with Gasteiger partial charge in [-0.15, -0.1) is 0 Å². The van der Waals surface area contributed by atoms with Gasteiger partial charge in [0.25, 0.3) is 6.47 Å². The molecule has 1 aliphatic carbocycles. The van der Waals surface area contributed by atoms with E-state index in [9.17, 15) is 43.5 Å². The Labute approximate surface area is 222 Å². The number of carbonyl (C=O) groups is 2. The van der Waals surface area contributed by atoms with Crippen LogP contribution in [0.4, 0.5) is 0 Å². The smallest absolute Gasteiger partial charge is 0.462 e. The molecule has 0 saturated heterocycles. The van der Waals surface area contributed by atoms with Gasteiger partial charge >= 0.3 is 29.4 Å². The van der Waals surface area contributed by atoms with Crippen molar-refractivity contribution in [1.82, 2.24) is 0 Å². The van der Waals surface area contributed by atoms with Crippen LogP contribution < -0.4 is 0 Å². The number of aliphatic hydroxyl groups is 3. The predicted molar refractivity (Wildman–Crippen MR) is 123 cm³/mol. The summed E-state index contributed by atoms with van der Waals surface area (Å²) in [6.07, 6.45) is -13.0. The van der Waals surface area contributed by atoms with Crippen molar-refractivity contribution in [1.29, 1.82) is 0 Å². The van der Waals surface area contributed by atoms with Crippen molar-refractivity contribution in [2.75, 3.05) is 13.2 Å². The highest BCUT2D eigenvalue weighted by Gasteiger charge is 2.56. The first kappa shape index (κ1) is 36.2. The molecule has 230 valence electrons. The lowest BCUT2D eigenvalue weighted by Crippen LogP contribution is -2.65. The van der Waals surface area contributed by atoms with Gasteiger partial charge in [0.2, 0.25) is 0 Å². The molecule has 0 aliphatic heterocycles. The molecule has 8 atom stereocenters. The molecule has 0 aromatic carbocycles. The summed E-state index contributed by atoms with van der Waals surface area (Å²) < 4.78 is 62.1. The summed E-state index contributed by atoms with van der Waals surface area (Å²) in [4.78, 5) is 68.7. The van der Waals surface area contributed by atoms with E-state index >= 15 is 0 Å². The number of phosphoric ester groups is 3. The Balaban J connectivity index is 2.90. The van der Waals surface area contributed by atoms with Crippen molar-refractivity contribution in [3.05, 3.63) is 0 Å². The second-order valence-corrected chi connectivity index (χ2v) is 12.1. The van der Waals surface area contributed by atoms with E-state index < -0.39 is 85.4 Å². The van der Waals surface area contributed by atoms with E-state index in [1.165, 1.54) is 0 Å². The lowest BCUT2D eigenvalue weighted by atomic mass is 9.85. The van der Waals surface area contributed by atoms with Gasteiger partial charge in [0.15, 0.2) is 6.10 Å². The number of hydrogen-bond donors (Lipinski definition) is 8. The van der Waals surface area contributed by atoms with Gasteiger partial charge in [-0.05, 0) is 6.42 Å². The first-order chi connectivity index (χ1) is 17.9. The maximum absolute atomic E-state index is 12.4. The molecule has 22 heteroatoms. The third-order valence-electron chi connectivity index (χ3n) is 5.13. The van der Waals surface area contributed by atoms with Crippen LogP contribution in [-0.2, 0) is 50.9 Å². The highest BCUT2D eigenvalue weighted by atomic mass is 31.2. The predicted octanol–water partition coefficient (Wildman–Crippen LogP) is -1.40. The minimum Gasteiger partial charge on any atom is -0.462 e. The van der Waals surface area contributed by atoms with E-state index in [1.54, 1.807) is 0 Å². The van der Waals surface area contributed by atoms with E-state index in [1.807, 2.05) is 6.92 Å². The minimum absolute atomic E-state index is 0.0670. The molecule has 1 unspecified atom stereocenters. The average molecular weight is 634 g/mol. The number of rotatable bonds is 18. The van der Waals surface area contributed by atoms with E-state index in [4.69, 9.17) is 24.3 Å². The fraction of sp³-hybridized carbons (Fsp3) is 0.882. The maximum Gasteiger partial charge on any atom is 0.472 e. The van der Waals surface area contributed by atoms with Crippen molar-refractivity contribution < 1.29 is 90.6 Å². The highest BCUT2D eigenvalue weighted by Crippen LogP contribution is 2.51. The normalized spacial score (nSPS) is 28.3. The molecule has 0 spiro atoms. The average Bonchev–Trinajstić information content (AvgIpc) is 2.81. The SMILES string of the molecule is CCCCCCC(=O)OC[C@@H](COP(=O)(O)O[C@@H]1[C@H](O)[C@H](O)[C@@H](OP(=O)(O)O)[C@H](OP(=O)(O)O)[C@H]1O)OC=O. The summed E-state index contributed by atoms with van der Waals surface area (Å²) >= 11 is 0. The fourth-order valence-electron chi connectivity index (χ4n) is 3.37. The van der Waals surface area contributed by atoms with Crippen LogP contribution in [-0.4, -0.2) is 108 Å². The summed E-state index contributed by atoms with van der Waals surface area (Å²) in [5.41, 5.74) is 0. The Morgan fingerprint density at radius 3 is 1.85 bits per heavy atom. The van der Waals surface area contributed by atoms with Gasteiger partial charge in [-0.3, -0.25) is 27.7 Å². The molecule has 0 radical (unpaired) electrons. The van der Waals surface area contributed by atoms with Crippen LogP contribution in [0.1, 0.15) is 39.0 Å². The van der Waals surface area contributed by atoms with Crippen molar-refractivity contribution in [2.45, 2.75) is 81.8 Å². The lowest BCUT2D eigenvalue weighted by molar-refractivity contribution is -0.213. The molecule has 8 N–H and O–H groups in total. The zero-order valence-electron chi connectivity index (χ0n) is 20.5. The van der Waals surface area contributed by atoms with Crippen LogP contribution in [0.3, 0.4) is 0 Å². The standard InChI is InChI=1S/C17H33O19P3/c1-2-3-4-5-6-11(19)31-7-10(32-9-18)8-33-39(29,30)36-15-12(20)13(21)16(34-37(23,24)25)17(14(15)22)35-38(26,27)28/h9-10,12-17,20-22H,2-8H2,1H3,(H,29,30)(H2,23,24,25)(H2,26,27,28)/t10-,12+,13-,14-,15+,16+,17+/m0/s1. The van der Waals surface area contributed by atoms with Gasteiger partial charge in [-0.25, -0.2) is 13.7 Å². The van der Waals surface area contributed by atoms with Gasteiger partial charge in [-0.1, -0.05) is 26.2 Å². The number of carbonyl (C=O) groups excluding carboxylic acids is 2. The fourth-order valence-corrected chi connectivity index (χ4v) is 5.47. The molecule has 19 nitrogen and oxygen atoms in total. The Morgan fingerprint density at radius 2 is 1.33 bits per heavy atom. The van der Waals surface area contributed by atoms with Crippen LogP contribution in [0.15, 0.2) is 0 Å². The zero-order valence-corrected chi connectivity index (χ0v) is 23.2. The van der Waals surface area contributed by atoms with Gasteiger partial charge in [0.05, 0.1) is 6.61 Å². The van der Waals surface area contributed by atoms with Crippen molar-refractivity contribution in [3.63, 3.8) is 0 Å². The Hall–Kier alpha value is -0.850. The van der Waals surface area contributed by atoms with Crippen molar-refractivity contribution in [3.8, 4) is 0 Å². The van der Waals surface area contributed by atoms with Crippen molar-refractivity contribution >= 4 is 35.9 Å². The molecule has 0 bridgehead atoms. The summed E-state index contributed by atoms with van der Waals surface area (Å²) in [7, 11) is -16.4. The molecule has 1 aliphatic rings. The van der Waals surface area contributed by atoms with Gasteiger partial charge in [0, 0.05) is 6.42 Å². The maximum atomic E-state index is 12.4. The molecule has 1 saturated carbocycles. The molecule has 0 amide bonds.